The van der Waals surface area contributed by atoms with Crippen molar-refractivity contribution in [1.29, 1.82) is 0 Å². The van der Waals surface area contributed by atoms with E-state index in [4.69, 9.17) is 4.74 Å². The minimum Gasteiger partial charge on any atom is -0.353 e. The fraction of sp³-hybridized carbons (Fsp3) is 0.364. The van der Waals surface area contributed by atoms with Gasteiger partial charge in [-0.3, -0.25) is 5.43 Å². The third kappa shape index (κ3) is 4.05. The van der Waals surface area contributed by atoms with E-state index >= 15 is 0 Å². The molecular formula is C11H16N2O. The van der Waals surface area contributed by atoms with E-state index in [9.17, 15) is 0 Å². The van der Waals surface area contributed by atoms with Gasteiger partial charge in [0.15, 0.2) is 0 Å². The SMILES string of the molecule is C/C=N\NC(C)OCc1ccccc1. The quantitative estimate of drug-likeness (QED) is 0.440. The van der Waals surface area contributed by atoms with Gasteiger partial charge in [0.25, 0.3) is 0 Å². The molecule has 0 bridgehead atoms. The summed E-state index contributed by atoms with van der Waals surface area (Å²) in [6, 6.07) is 10.1. The van der Waals surface area contributed by atoms with Crippen molar-refractivity contribution in [2.24, 2.45) is 5.10 Å². The van der Waals surface area contributed by atoms with Crippen LogP contribution in [-0.4, -0.2) is 12.4 Å². The lowest BCUT2D eigenvalue weighted by molar-refractivity contribution is 0.0313. The molecule has 0 aromatic heterocycles. The van der Waals surface area contributed by atoms with Gasteiger partial charge in [-0.15, -0.1) is 0 Å². The van der Waals surface area contributed by atoms with Crippen molar-refractivity contribution in [2.75, 3.05) is 0 Å². The minimum atomic E-state index is -0.0635. The number of ether oxygens (including phenoxy) is 1. The number of benzene rings is 1. The Balaban J connectivity index is 2.27. The van der Waals surface area contributed by atoms with Gasteiger partial charge in [0.1, 0.15) is 6.23 Å². The molecule has 1 N–H and O–H groups in total. The molecule has 0 fully saturated rings. The number of hydrazone groups is 1. The molecule has 0 aliphatic heterocycles. The van der Waals surface area contributed by atoms with Crippen LogP contribution in [0.2, 0.25) is 0 Å². The van der Waals surface area contributed by atoms with Gasteiger partial charge in [0.2, 0.25) is 0 Å². The zero-order chi connectivity index (χ0) is 10.2. The van der Waals surface area contributed by atoms with Crippen molar-refractivity contribution in [3.63, 3.8) is 0 Å². The topological polar surface area (TPSA) is 33.6 Å². The molecule has 1 unspecified atom stereocenters. The molecule has 1 rings (SSSR count). The fourth-order valence-corrected chi connectivity index (χ4v) is 1.01. The third-order valence-electron chi connectivity index (χ3n) is 1.73. The summed E-state index contributed by atoms with van der Waals surface area (Å²) in [7, 11) is 0. The summed E-state index contributed by atoms with van der Waals surface area (Å²) in [5.74, 6) is 0. The van der Waals surface area contributed by atoms with Crippen molar-refractivity contribution < 1.29 is 4.74 Å². The zero-order valence-corrected chi connectivity index (χ0v) is 8.60. The van der Waals surface area contributed by atoms with Crippen molar-refractivity contribution in [3.8, 4) is 0 Å². The van der Waals surface area contributed by atoms with Gasteiger partial charge in [-0.05, 0) is 19.4 Å². The van der Waals surface area contributed by atoms with Crippen LogP contribution in [0.3, 0.4) is 0 Å². The van der Waals surface area contributed by atoms with E-state index in [1.54, 1.807) is 6.21 Å². The summed E-state index contributed by atoms with van der Waals surface area (Å²) in [6.45, 7) is 4.39. The maximum atomic E-state index is 5.51. The Morgan fingerprint density at radius 2 is 2.14 bits per heavy atom. The van der Waals surface area contributed by atoms with Crippen molar-refractivity contribution in [2.45, 2.75) is 26.7 Å². The molecular weight excluding hydrogens is 176 g/mol. The Labute approximate surface area is 84.8 Å². The molecule has 0 aliphatic rings. The summed E-state index contributed by atoms with van der Waals surface area (Å²) >= 11 is 0. The molecule has 1 atom stereocenters. The molecule has 14 heavy (non-hydrogen) atoms. The second-order valence-electron chi connectivity index (χ2n) is 2.96. The highest BCUT2D eigenvalue weighted by atomic mass is 16.5. The summed E-state index contributed by atoms with van der Waals surface area (Å²) in [5, 5.41) is 3.88. The summed E-state index contributed by atoms with van der Waals surface area (Å²) in [4.78, 5) is 0. The highest BCUT2D eigenvalue weighted by Crippen LogP contribution is 2.01. The molecule has 0 amide bonds. The number of hydrogen-bond donors (Lipinski definition) is 1. The van der Waals surface area contributed by atoms with Crippen molar-refractivity contribution >= 4 is 6.21 Å². The predicted molar refractivity (Wildman–Crippen MR) is 58.0 cm³/mol. The third-order valence-corrected chi connectivity index (χ3v) is 1.73. The second kappa shape index (κ2) is 6.16. The van der Waals surface area contributed by atoms with Crippen LogP contribution in [0, 0.1) is 0 Å². The molecule has 0 spiro atoms. The fourth-order valence-electron chi connectivity index (χ4n) is 1.01. The van der Waals surface area contributed by atoms with Gasteiger partial charge >= 0.3 is 0 Å². The first kappa shape index (κ1) is 10.7. The Morgan fingerprint density at radius 3 is 2.79 bits per heavy atom. The lowest BCUT2D eigenvalue weighted by Gasteiger charge is -2.11. The van der Waals surface area contributed by atoms with Gasteiger partial charge in [-0.25, -0.2) is 0 Å². The van der Waals surface area contributed by atoms with E-state index in [2.05, 4.69) is 10.5 Å². The second-order valence-corrected chi connectivity index (χ2v) is 2.96. The smallest absolute Gasteiger partial charge is 0.140 e. The molecule has 0 saturated carbocycles. The van der Waals surface area contributed by atoms with E-state index in [0.29, 0.717) is 6.61 Å². The Morgan fingerprint density at radius 1 is 1.43 bits per heavy atom. The normalized spacial score (nSPS) is 13.0. The molecule has 1 aromatic rings. The van der Waals surface area contributed by atoms with Gasteiger partial charge in [0, 0.05) is 6.21 Å². The maximum Gasteiger partial charge on any atom is 0.140 e. The zero-order valence-electron chi connectivity index (χ0n) is 8.60. The van der Waals surface area contributed by atoms with Crippen molar-refractivity contribution in [1.82, 2.24) is 5.43 Å². The average Bonchev–Trinajstić information content (AvgIpc) is 2.25. The van der Waals surface area contributed by atoms with Gasteiger partial charge in [-0.2, -0.15) is 5.10 Å². The number of hydrogen-bond acceptors (Lipinski definition) is 3. The Hall–Kier alpha value is -1.35. The number of nitrogens with zero attached hydrogens (tertiary/aromatic N) is 1. The lowest BCUT2D eigenvalue weighted by atomic mass is 10.2. The molecule has 0 radical (unpaired) electrons. The monoisotopic (exact) mass is 192 g/mol. The Bertz CT molecular complexity index is 272. The number of rotatable bonds is 5. The van der Waals surface area contributed by atoms with E-state index < -0.39 is 0 Å². The first-order valence-electron chi connectivity index (χ1n) is 4.71. The highest BCUT2D eigenvalue weighted by molar-refractivity contribution is 5.52. The van der Waals surface area contributed by atoms with E-state index in [1.165, 1.54) is 5.56 Å². The molecule has 0 heterocycles. The molecule has 76 valence electrons. The number of nitrogens with one attached hydrogen (secondary N) is 1. The van der Waals surface area contributed by atoms with Crippen LogP contribution in [-0.2, 0) is 11.3 Å². The summed E-state index contributed by atoms with van der Waals surface area (Å²) in [5.41, 5.74) is 4.02. The van der Waals surface area contributed by atoms with Gasteiger partial charge in [-0.1, -0.05) is 30.3 Å². The molecule has 3 heteroatoms. The van der Waals surface area contributed by atoms with Crippen LogP contribution in [0.15, 0.2) is 35.4 Å². The van der Waals surface area contributed by atoms with Gasteiger partial charge < -0.3 is 4.74 Å². The molecule has 0 aliphatic carbocycles. The standard InChI is InChI=1S/C11H16N2O/c1-3-12-13-10(2)14-9-11-7-5-4-6-8-11/h3-8,10,13H,9H2,1-2H3/b12-3-. The summed E-state index contributed by atoms with van der Waals surface area (Å²) < 4.78 is 5.51. The van der Waals surface area contributed by atoms with Gasteiger partial charge in [0.05, 0.1) is 6.61 Å². The van der Waals surface area contributed by atoms with E-state index in [0.717, 1.165) is 0 Å². The lowest BCUT2D eigenvalue weighted by Crippen LogP contribution is -2.23. The molecule has 1 aromatic carbocycles. The average molecular weight is 192 g/mol. The van der Waals surface area contributed by atoms with Crippen LogP contribution in [0.25, 0.3) is 0 Å². The van der Waals surface area contributed by atoms with Crippen molar-refractivity contribution in [3.05, 3.63) is 35.9 Å². The first-order valence-corrected chi connectivity index (χ1v) is 4.71. The summed E-state index contributed by atoms with van der Waals surface area (Å²) in [6.07, 6.45) is 1.63. The maximum absolute atomic E-state index is 5.51. The van der Waals surface area contributed by atoms with Crippen LogP contribution >= 0.6 is 0 Å². The first-order chi connectivity index (χ1) is 6.83. The largest absolute Gasteiger partial charge is 0.353 e. The van der Waals surface area contributed by atoms with Crippen LogP contribution in [0.4, 0.5) is 0 Å². The highest BCUT2D eigenvalue weighted by Gasteiger charge is 1.98. The molecule has 3 nitrogen and oxygen atoms in total. The van der Waals surface area contributed by atoms with E-state index in [-0.39, 0.29) is 6.23 Å². The Kier molecular flexibility index (Phi) is 4.72. The van der Waals surface area contributed by atoms with Crippen LogP contribution < -0.4 is 5.43 Å². The predicted octanol–water partition coefficient (Wildman–Crippen LogP) is 2.14. The van der Waals surface area contributed by atoms with Crippen LogP contribution in [0.5, 0.6) is 0 Å². The minimum absolute atomic E-state index is 0.0635. The van der Waals surface area contributed by atoms with Crippen LogP contribution in [0.1, 0.15) is 19.4 Å². The molecule has 0 saturated heterocycles. The van der Waals surface area contributed by atoms with E-state index in [1.807, 2.05) is 44.2 Å².